The van der Waals surface area contributed by atoms with Gasteiger partial charge in [-0.15, -0.1) is 0 Å². The van der Waals surface area contributed by atoms with Crippen LogP contribution >= 0.6 is 0 Å². The largest absolute Gasteiger partial charge is 0.480 e. The molecule has 0 aliphatic carbocycles. The first-order valence-corrected chi connectivity index (χ1v) is 5.10. The lowest BCUT2D eigenvalue weighted by molar-refractivity contribution is -0.138. The summed E-state index contributed by atoms with van der Waals surface area (Å²) in [5, 5.41) is 18.5. The summed E-state index contributed by atoms with van der Waals surface area (Å²) in [5.41, 5.74) is 6.88. The minimum absolute atomic E-state index is 0.188. The van der Waals surface area contributed by atoms with E-state index in [1.807, 2.05) is 6.07 Å². The maximum atomic E-state index is 10.7. The molecule has 1 aromatic carbocycles. The third-order valence-corrected chi connectivity index (χ3v) is 2.64. The SMILES string of the molecule is N#Cc1cccc2c1ccn2CC(N)C(=O)O. The average Bonchev–Trinajstić information content (AvgIpc) is 2.72. The van der Waals surface area contributed by atoms with E-state index in [9.17, 15) is 4.79 Å². The number of carboxylic acid groups (broad SMARTS) is 1. The first-order chi connectivity index (χ1) is 8.13. The van der Waals surface area contributed by atoms with Crippen LogP contribution in [0.2, 0.25) is 0 Å². The van der Waals surface area contributed by atoms with E-state index < -0.39 is 12.0 Å². The van der Waals surface area contributed by atoms with Crippen LogP contribution in [0.5, 0.6) is 0 Å². The van der Waals surface area contributed by atoms with E-state index in [2.05, 4.69) is 6.07 Å². The molecule has 0 saturated heterocycles. The summed E-state index contributed by atoms with van der Waals surface area (Å²) in [6.07, 6.45) is 1.74. The third kappa shape index (κ3) is 1.98. The Morgan fingerprint density at radius 1 is 1.53 bits per heavy atom. The van der Waals surface area contributed by atoms with Gasteiger partial charge in [0.25, 0.3) is 0 Å². The first-order valence-electron chi connectivity index (χ1n) is 5.10. The summed E-state index contributed by atoms with van der Waals surface area (Å²) < 4.78 is 1.74. The molecule has 1 atom stereocenters. The van der Waals surface area contributed by atoms with Crippen LogP contribution in [0, 0.1) is 11.3 Å². The first kappa shape index (κ1) is 11.2. The number of aliphatic carboxylic acids is 1. The Balaban J connectivity index is 2.44. The second kappa shape index (κ2) is 4.28. The van der Waals surface area contributed by atoms with Gasteiger partial charge in [-0.25, -0.2) is 0 Å². The fraction of sp³-hybridized carbons (Fsp3) is 0.167. The molecule has 5 heteroatoms. The highest BCUT2D eigenvalue weighted by Gasteiger charge is 2.13. The van der Waals surface area contributed by atoms with Crippen molar-refractivity contribution in [1.29, 1.82) is 5.26 Å². The van der Waals surface area contributed by atoms with Crippen molar-refractivity contribution in [3.05, 3.63) is 36.0 Å². The highest BCUT2D eigenvalue weighted by molar-refractivity contribution is 5.86. The number of hydrogen-bond acceptors (Lipinski definition) is 3. The number of aromatic nitrogens is 1. The number of nitriles is 1. The maximum Gasteiger partial charge on any atom is 0.322 e. The van der Waals surface area contributed by atoms with Crippen molar-refractivity contribution in [2.75, 3.05) is 0 Å². The summed E-state index contributed by atoms with van der Waals surface area (Å²) >= 11 is 0. The molecule has 2 aromatic rings. The fourth-order valence-corrected chi connectivity index (χ4v) is 1.77. The fourth-order valence-electron chi connectivity index (χ4n) is 1.77. The molecule has 17 heavy (non-hydrogen) atoms. The second-order valence-electron chi connectivity index (χ2n) is 3.76. The number of nitrogens with zero attached hydrogens (tertiary/aromatic N) is 2. The van der Waals surface area contributed by atoms with Crippen LogP contribution in [0.25, 0.3) is 10.9 Å². The van der Waals surface area contributed by atoms with Gasteiger partial charge in [-0.05, 0) is 18.2 Å². The Morgan fingerprint density at radius 2 is 2.29 bits per heavy atom. The Hall–Kier alpha value is -2.32. The molecule has 0 aliphatic heterocycles. The minimum atomic E-state index is -1.04. The Bertz CT molecular complexity index is 610. The van der Waals surface area contributed by atoms with Gasteiger partial charge in [-0.3, -0.25) is 4.79 Å². The van der Waals surface area contributed by atoms with Gasteiger partial charge in [-0.2, -0.15) is 5.26 Å². The zero-order valence-electron chi connectivity index (χ0n) is 9.00. The standard InChI is InChI=1S/C12H11N3O2/c13-6-8-2-1-3-11-9(8)4-5-15(11)7-10(14)12(16)17/h1-5,10H,7,14H2,(H,16,17). The zero-order chi connectivity index (χ0) is 12.4. The van der Waals surface area contributed by atoms with Crippen molar-refractivity contribution in [1.82, 2.24) is 4.57 Å². The zero-order valence-corrected chi connectivity index (χ0v) is 9.00. The average molecular weight is 229 g/mol. The molecule has 0 saturated carbocycles. The third-order valence-electron chi connectivity index (χ3n) is 2.64. The quantitative estimate of drug-likeness (QED) is 0.818. The van der Waals surface area contributed by atoms with E-state index >= 15 is 0 Å². The molecule has 0 radical (unpaired) electrons. The van der Waals surface area contributed by atoms with Crippen LogP contribution < -0.4 is 5.73 Å². The number of hydrogen-bond donors (Lipinski definition) is 2. The summed E-state index contributed by atoms with van der Waals surface area (Å²) in [7, 11) is 0. The van der Waals surface area contributed by atoms with Gasteiger partial charge in [0, 0.05) is 23.6 Å². The maximum absolute atomic E-state index is 10.7. The molecule has 5 nitrogen and oxygen atoms in total. The molecule has 0 bridgehead atoms. The number of nitrogens with two attached hydrogens (primary N) is 1. The van der Waals surface area contributed by atoms with E-state index in [-0.39, 0.29) is 6.54 Å². The van der Waals surface area contributed by atoms with Crippen molar-refractivity contribution in [3.63, 3.8) is 0 Å². The van der Waals surface area contributed by atoms with Crippen LogP contribution in [0.1, 0.15) is 5.56 Å². The number of benzene rings is 1. The lowest BCUT2D eigenvalue weighted by Gasteiger charge is -2.09. The molecule has 1 heterocycles. The predicted octanol–water partition coefficient (Wildman–Crippen LogP) is 0.925. The summed E-state index contributed by atoms with van der Waals surface area (Å²) in [6, 6.07) is 8.28. The molecule has 0 fully saturated rings. The minimum Gasteiger partial charge on any atom is -0.480 e. The molecule has 0 amide bonds. The van der Waals surface area contributed by atoms with Gasteiger partial charge < -0.3 is 15.4 Å². The normalized spacial score (nSPS) is 12.2. The van der Waals surface area contributed by atoms with Gasteiger partial charge in [0.15, 0.2) is 0 Å². The molecule has 86 valence electrons. The van der Waals surface area contributed by atoms with E-state index in [4.69, 9.17) is 16.1 Å². The Kier molecular flexibility index (Phi) is 2.81. The lowest BCUT2D eigenvalue weighted by Crippen LogP contribution is -2.34. The van der Waals surface area contributed by atoms with Crippen LogP contribution in [-0.4, -0.2) is 21.7 Å². The molecule has 0 spiro atoms. The van der Waals surface area contributed by atoms with Gasteiger partial charge in [0.2, 0.25) is 0 Å². The molecule has 1 unspecified atom stereocenters. The second-order valence-corrected chi connectivity index (χ2v) is 3.76. The molecular weight excluding hydrogens is 218 g/mol. The van der Waals surface area contributed by atoms with Crippen molar-refractivity contribution in [2.24, 2.45) is 5.73 Å². The van der Waals surface area contributed by atoms with Crippen molar-refractivity contribution in [2.45, 2.75) is 12.6 Å². The topological polar surface area (TPSA) is 92.0 Å². The van der Waals surface area contributed by atoms with Crippen molar-refractivity contribution >= 4 is 16.9 Å². The summed E-state index contributed by atoms with van der Waals surface area (Å²) in [5.74, 6) is -1.04. The molecular formula is C12H11N3O2. The Morgan fingerprint density at radius 3 is 2.94 bits per heavy atom. The molecule has 1 aromatic heterocycles. The predicted molar refractivity (Wildman–Crippen MR) is 62.3 cm³/mol. The number of rotatable bonds is 3. The van der Waals surface area contributed by atoms with E-state index in [0.717, 1.165) is 10.9 Å². The van der Waals surface area contributed by atoms with Gasteiger partial charge in [0.1, 0.15) is 6.04 Å². The smallest absolute Gasteiger partial charge is 0.322 e. The molecule has 3 N–H and O–H groups in total. The van der Waals surface area contributed by atoms with Crippen LogP contribution in [-0.2, 0) is 11.3 Å². The van der Waals surface area contributed by atoms with Crippen LogP contribution in [0.4, 0.5) is 0 Å². The van der Waals surface area contributed by atoms with Crippen LogP contribution in [0.3, 0.4) is 0 Å². The lowest BCUT2D eigenvalue weighted by atomic mass is 10.1. The monoisotopic (exact) mass is 229 g/mol. The van der Waals surface area contributed by atoms with E-state index in [1.165, 1.54) is 0 Å². The highest BCUT2D eigenvalue weighted by Crippen LogP contribution is 2.19. The number of fused-ring (bicyclic) bond motifs is 1. The van der Waals surface area contributed by atoms with Crippen LogP contribution in [0.15, 0.2) is 30.5 Å². The van der Waals surface area contributed by atoms with Crippen molar-refractivity contribution in [3.8, 4) is 6.07 Å². The molecule has 2 rings (SSSR count). The van der Waals surface area contributed by atoms with Gasteiger partial charge in [0.05, 0.1) is 11.6 Å². The summed E-state index contributed by atoms with van der Waals surface area (Å²) in [4.78, 5) is 10.7. The summed E-state index contributed by atoms with van der Waals surface area (Å²) in [6.45, 7) is 0.188. The van der Waals surface area contributed by atoms with E-state index in [1.54, 1.807) is 29.0 Å². The van der Waals surface area contributed by atoms with Gasteiger partial charge >= 0.3 is 5.97 Å². The van der Waals surface area contributed by atoms with Crippen molar-refractivity contribution < 1.29 is 9.90 Å². The number of carbonyl (C=O) groups is 1. The molecule has 0 aliphatic rings. The van der Waals surface area contributed by atoms with Gasteiger partial charge in [-0.1, -0.05) is 6.07 Å². The Labute approximate surface area is 97.7 Å². The van der Waals surface area contributed by atoms with E-state index in [0.29, 0.717) is 5.56 Å². The number of carboxylic acids is 1. The highest BCUT2D eigenvalue weighted by atomic mass is 16.4.